The molecule has 20 heavy (non-hydrogen) atoms. The van der Waals surface area contributed by atoms with Crippen LogP contribution in [0.2, 0.25) is 0 Å². The number of carbonyl (C=O) groups is 1. The molecule has 2 rings (SSSR count). The van der Waals surface area contributed by atoms with Crippen molar-refractivity contribution in [2.75, 3.05) is 0 Å². The highest BCUT2D eigenvalue weighted by Gasteiger charge is 2.38. The van der Waals surface area contributed by atoms with Crippen LogP contribution < -0.4 is 11.1 Å². The summed E-state index contributed by atoms with van der Waals surface area (Å²) in [5.74, 6) is -2.69. The first-order chi connectivity index (χ1) is 9.45. The van der Waals surface area contributed by atoms with Gasteiger partial charge in [0.25, 0.3) is 0 Å². The van der Waals surface area contributed by atoms with Gasteiger partial charge in [-0.1, -0.05) is 31.4 Å². The smallest absolute Gasteiger partial charge is 0.242 e. The summed E-state index contributed by atoms with van der Waals surface area (Å²) in [5, 5.41) is 3.13. The van der Waals surface area contributed by atoms with Gasteiger partial charge < -0.3 is 5.73 Å². The molecular formula is C15H20F2N2O. The molecule has 1 aromatic carbocycles. The molecule has 1 atom stereocenters. The molecule has 3 nitrogen and oxygen atoms in total. The third-order valence-corrected chi connectivity index (χ3v) is 4.08. The fourth-order valence-electron chi connectivity index (χ4n) is 2.83. The van der Waals surface area contributed by atoms with Gasteiger partial charge in [-0.15, -0.1) is 0 Å². The third kappa shape index (κ3) is 2.82. The molecule has 0 heterocycles. The van der Waals surface area contributed by atoms with Crippen molar-refractivity contribution in [3.8, 4) is 0 Å². The molecule has 1 aliphatic rings. The summed E-state index contributed by atoms with van der Waals surface area (Å²) < 4.78 is 27.4. The minimum Gasteiger partial charge on any atom is -0.368 e. The van der Waals surface area contributed by atoms with Gasteiger partial charge >= 0.3 is 0 Å². The quantitative estimate of drug-likeness (QED) is 0.892. The van der Waals surface area contributed by atoms with Crippen LogP contribution in [-0.2, 0) is 10.3 Å². The van der Waals surface area contributed by atoms with Crippen molar-refractivity contribution in [1.29, 1.82) is 0 Å². The first-order valence-electron chi connectivity index (χ1n) is 6.97. The van der Waals surface area contributed by atoms with E-state index >= 15 is 0 Å². The number of hydrogen-bond donors (Lipinski definition) is 2. The second-order valence-electron chi connectivity index (χ2n) is 5.57. The minimum absolute atomic E-state index is 0.0319. The molecule has 1 aromatic rings. The Hall–Kier alpha value is -1.49. The molecule has 1 unspecified atom stereocenters. The molecule has 0 bridgehead atoms. The highest BCUT2D eigenvalue weighted by Crippen LogP contribution is 2.28. The number of halogens is 2. The summed E-state index contributed by atoms with van der Waals surface area (Å²) >= 11 is 0. The number of amides is 1. The molecule has 1 saturated carbocycles. The van der Waals surface area contributed by atoms with Gasteiger partial charge in [-0.2, -0.15) is 0 Å². The monoisotopic (exact) mass is 282 g/mol. The Labute approximate surface area is 117 Å². The highest BCUT2D eigenvalue weighted by molar-refractivity contribution is 5.85. The van der Waals surface area contributed by atoms with Crippen molar-refractivity contribution < 1.29 is 13.6 Å². The van der Waals surface area contributed by atoms with Crippen LogP contribution in [0.5, 0.6) is 0 Å². The van der Waals surface area contributed by atoms with E-state index in [1.807, 2.05) is 0 Å². The predicted octanol–water partition coefficient (Wildman–Crippen LogP) is 2.59. The van der Waals surface area contributed by atoms with Gasteiger partial charge in [-0.25, -0.2) is 8.78 Å². The molecule has 5 heteroatoms. The van der Waals surface area contributed by atoms with Crippen LogP contribution in [0, 0.1) is 11.6 Å². The van der Waals surface area contributed by atoms with Crippen LogP contribution in [0.15, 0.2) is 18.2 Å². The maximum absolute atomic E-state index is 14.0. The van der Waals surface area contributed by atoms with Gasteiger partial charge in [-0.05, 0) is 25.8 Å². The molecule has 110 valence electrons. The first kappa shape index (κ1) is 14.9. The molecule has 0 aliphatic heterocycles. The number of carbonyl (C=O) groups excluding carboxylic acids is 1. The lowest BCUT2D eigenvalue weighted by molar-refractivity contribution is -0.124. The van der Waals surface area contributed by atoms with Gasteiger partial charge in [-0.3, -0.25) is 10.1 Å². The van der Waals surface area contributed by atoms with E-state index in [4.69, 9.17) is 5.73 Å². The van der Waals surface area contributed by atoms with E-state index in [1.54, 1.807) is 0 Å². The molecule has 0 spiro atoms. The van der Waals surface area contributed by atoms with Gasteiger partial charge in [0, 0.05) is 11.6 Å². The standard InChI is InChI=1S/C15H20F2N2O/c1-15(14(18)20,19-10-6-3-2-4-7-10)11-8-5-9-12(16)13(11)17/h5,8-10,19H,2-4,6-7H2,1H3,(H2,18,20). The number of rotatable bonds is 4. The van der Waals surface area contributed by atoms with Crippen LogP contribution >= 0.6 is 0 Å². The topological polar surface area (TPSA) is 55.1 Å². The van der Waals surface area contributed by atoms with E-state index in [2.05, 4.69) is 5.32 Å². The van der Waals surface area contributed by atoms with E-state index in [0.29, 0.717) is 0 Å². The van der Waals surface area contributed by atoms with Crippen molar-refractivity contribution in [2.24, 2.45) is 5.73 Å². The van der Waals surface area contributed by atoms with Crippen molar-refractivity contribution >= 4 is 5.91 Å². The maximum Gasteiger partial charge on any atom is 0.242 e. The highest BCUT2D eigenvalue weighted by atomic mass is 19.2. The number of primary amides is 1. The lowest BCUT2D eigenvalue weighted by Gasteiger charge is -2.35. The maximum atomic E-state index is 14.0. The normalized spacial score (nSPS) is 19.6. The van der Waals surface area contributed by atoms with Crippen LogP contribution in [-0.4, -0.2) is 11.9 Å². The zero-order valence-electron chi connectivity index (χ0n) is 11.6. The number of nitrogens with one attached hydrogen (secondary N) is 1. The summed E-state index contributed by atoms with van der Waals surface area (Å²) in [5.41, 5.74) is 4.02. The van der Waals surface area contributed by atoms with Crippen molar-refractivity contribution in [2.45, 2.75) is 50.6 Å². The summed E-state index contributed by atoms with van der Waals surface area (Å²) in [7, 11) is 0. The van der Waals surface area contributed by atoms with Crippen LogP contribution in [0.1, 0.15) is 44.6 Å². The summed E-state index contributed by atoms with van der Waals surface area (Å²) in [4.78, 5) is 11.8. The Kier molecular flexibility index (Phi) is 4.38. The molecule has 1 fully saturated rings. The van der Waals surface area contributed by atoms with Crippen molar-refractivity contribution in [1.82, 2.24) is 5.32 Å². The predicted molar refractivity (Wildman–Crippen MR) is 72.9 cm³/mol. The SMILES string of the molecule is CC(NC1CCCCC1)(C(N)=O)c1cccc(F)c1F. The fraction of sp³-hybridized carbons (Fsp3) is 0.533. The second kappa shape index (κ2) is 5.87. The molecule has 1 amide bonds. The average Bonchev–Trinajstić information content (AvgIpc) is 2.42. The molecule has 3 N–H and O–H groups in total. The zero-order valence-corrected chi connectivity index (χ0v) is 11.6. The average molecular weight is 282 g/mol. The number of benzene rings is 1. The zero-order chi connectivity index (χ0) is 14.8. The molecule has 0 saturated heterocycles. The largest absolute Gasteiger partial charge is 0.368 e. The Bertz CT molecular complexity index is 501. The Balaban J connectivity index is 2.33. The van der Waals surface area contributed by atoms with E-state index < -0.39 is 23.1 Å². The van der Waals surface area contributed by atoms with Crippen molar-refractivity contribution in [3.63, 3.8) is 0 Å². The van der Waals surface area contributed by atoms with E-state index in [1.165, 1.54) is 25.5 Å². The lowest BCUT2D eigenvalue weighted by atomic mass is 9.86. The van der Waals surface area contributed by atoms with Gasteiger partial charge in [0.1, 0.15) is 5.54 Å². The Morgan fingerprint density at radius 2 is 1.95 bits per heavy atom. The molecule has 0 radical (unpaired) electrons. The molecule has 0 aromatic heterocycles. The third-order valence-electron chi connectivity index (χ3n) is 4.08. The summed E-state index contributed by atoms with van der Waals surface area (Å²) in [6.07, 6.45) is 5.13. The minimum atomic E-state index is -1.39. The van der Waals surface area contributed by atoms with Crippen LogP contribution in [0.3, 0.4) is 0 Å². The van der Waals surface area contributed by atoms with E-state index in [-0.39, 0.29) is 11.6 Å². The van der Waals surface area contributed by atoms with E-state index in [9.17, 15) is 13.6 Å². The van der Waals surface area contributed by atoms with Gasteiger partial charge in [0.05, 0.1) is 0 Å². The van der Waals surface area contributed by atoms with E-state index in [0.717, 1.165) is 31.7 Å². The second-order valence-corrected chi connectivity index (χ2v) is 5.57. The fourth-order valence-corrected chi connectivity index (χ4v) is 2.83. The van der Waals surface area contributed by atoms with Crippen molar-refractivity contribution in [3.05, 3.63) is 35.4 Å². The van der Waals surface area contributed by atoms with Crippen LogP contribution in [0.25, 0.3) is 0 Å². The van der Waals surface area contributed by atoms with Crippen LogP contribution in [0.4, 0.5) is 8.78 Å². The summed E-state index contributed by atoms with van der Waals surface area (Å²) in [6.45, 7) is 1.52. The lowest BCUT2D eigenvalue weighted by Crippen LogP contribution is -2.55. The number of hydrogen-bond acceptors (Lipinski definition) is 2. The Morgan fingerprint density at radius 1 is 1.30 bits per heavy atom. The summed E-state index contributed by atoms with van der Waals surface area (Å²) in [6, 6.07) is 3.92. The molecule has 1 aliphatic carbocycles. The van der Waals surface area contributed by atoms with Gasteiger partial charge in [0.15, 0.2) is 11.6 Å². The number of nitrogens with two attached hydrogens (primary N) is 1. The molecular weight excluding hydrogens is 262 g/mol. The first-order valence-corrected chi connectivity index (χ1v) is 6.97. The Morgan fingerprint density at radius 3 is 2.55 bits per heavy atom. The van der Waals surface area contributed by atoms with Gasteiger partial charge in [0.2, 0.25) is 5.91 Å².